The second kappa shape index (κ2) is 12.5. The van der Waals surface area contributed by atoms with Gasteiger partial charge in [0.1, 0.15) is 0 Å². The second-order valence-electron chi connectivity index (χ2n) is 8.79. The molecule has 0 spiro atoms. The Labute approximate surface area is 188 Å². The number of halogens is 1. The summed E-state index contributed by atoms with van der Waals surface area (Å²) in [7, 11) is 0. The van der Waals surface area contributed by atoms with Crippen molar-refractivity contribution in [3.8, 4) is 0 Å². The Morgan fingerprint density at radius 1 is 0.933 bits per heavy atom. The maximum absolute atomic E-state index is 6.62. The van der Waals surface area contributed by atoms with Crippen molar-refractivity contribution in [2.24, 2.45) is 0 Å². The van der Waals surface area contributed by atoms with E-state index in [0.717, 1.165) is 35.3 Å². The molecule has 1 aromatic carbocycles. The first kappa shape index (κ1) is 23.3. The van der Waals surface area contributed by atoms with Crippen molar-refractivity contribution in [3.63, 3.8) is 0 Å². The number of aromatic nitrogens is 1. The van der Waals surface area contributed by atoms with Gasteiger partial charge in [0.25, 0.3) is 0 Å². The molecule has 3 nitrogen and oxygen atoms in total. The predicted octanol–water partition coefficient (Wildman–Crippen LogP) is 7.25. The van der Waals surface area contributed by atoms with Gasteiger partial charge in [-0.1, -0.05) is 57.2 Å². The van der Waals surface area contributed by atoms with Crippen LogP contribution in [-0.4, -0.2) is 36.1 Å². The molecule has 3 rings (SSSR count). The molecule has 0 amide bonds. The number of unbranched alkanes of at least 4 members (excludes halogenated alkanes) is 4. The van der Waals surface area contributed by atoms with Gasteiger partial charge in [-0.05, 0) is 82.3 Å². The molecule has 0 saturated heterocycles. The molecule has 4 heteroatoms. The highest BCUT2D eigenvalue weighted by Gasteiger charge is 2.19. The van der Waals surface area contributed by atoms with Crippen LogP contribution in [0.3, 0.4) is 0 Å². The molecule has 166 valence electrons. The van der Waals surface area contributed by atoms with Gasteiger partial charge in [0.05, 0.1) is 16.2 Å². The molecule has 0 bridgehead atoms. The zero-order chi connectivity index (χ0) is 21.2. The van der Waals surface area contributed by atoms with Crippen LogP contribution in [0.15, 0.2) is 18.2 Å². The van der Waals surface area contributed by atoms with Crippen molar-refractivity contribution < 1.29 is 0 Å². The fourth-order valence-corrected chi connectivity index (χ4v) is 4.91. The highest BCUT2D eigenvalue weighted by atomic mass is 35.5. The molecule has 0 aliphatic heterocycles. The molecule has 0 fully saturated rings. The number of pyridine rings is 1. The summed E-state index contributed by atoms with van der Waals surface area (Å²) in [5.41, 5.74) is 4.97. The van der Waals surface area contributed by atoms with Crippen LogP contribution in [0.5, 0.6) is 0 Å². The second-order valence-corrected chi connectivity index (χ2v) is 9.20. The highest BCUT2D eigenvalue weighted by molar-refractivity contribution is 6.36. The lowest BCUT2D eigenvalue weighted by molar-refractivity contribution is 0.261. The van der Waals surface area contributed by atoms with Gasteiger partial charge in [-0.15, -0.1) is 0 Å². The van der Waals surface area contributed by atoms with Gasteiger partial charge in [-0.2, -0.15) is 0 Å². The summed E-state index contributed by atoms with van der Waals surface area (Å²) in [4.78, 5) is 7.63. The van der Waals surface area contributed by atoms with Crippen LogP contribution in [-0.2, 0) is 12.8 Å². The number of aryl methyl sites for hydroxylation is 1. The number of fused-ring (bicyclic) bond motifs is 2. The molecule has 1 aliphatic carbocycles. The van der Waals surface area contributed by atoms with Gasteiger partial charge in [0.2, 0.25) is 0 Å². The first-order valence-electron chi connectivity index (χ1n) is 12.3. The number of nitrogens with one attached hydrogen (secondary N) is 1. The van der Waals surface area contributed by atoms with Crippen LogP contribution in [0.2, 0.25) is 5.02 Å². The van der Waals surface area contributed by atoms with Gasteiger partial charge in [-0.3, -0.25) is 4.98 Å². The molecule has 30 heavy (non-hydrogen) atoms. The van der Waals surface area contributed by atoms with Crippen LogP contribution in [0.25, 0.3) is 10.9 Å². The van der Waals surface area contributed by atoms with E-state index in [0.29, 0.717) is 0 Å². The summed E-state index contributed by atoms with van der Waals surface area (Å²) in [5.74, 6) is 0. The summed E-state index contributed by atoms with van der Waals surface area (Å²) >= 11 is 6.62. The van der Waals surface area contributed by atoms with Crippen molar-refractivity contribution in [1.82, 2.24) is 9.88 Å². The quantitative estimate of drug-likeness (QED) is 0.340. The first-order chi connectivity index (χ1) is 14.7. The minimum Gasteiger partial charge on any atom is -0.384 e. The maximum Gasteiger partial charge on any atom is 0.0741 e. The number of hydrogen-bond donors (Lipinski definition) is 1. The molecule has 1 aromatic heterocycles. The van der Waals surface area contributed by atoms with E-state index in [-0.39, 0.29) is 0 Å². The third kappa shape index (κ3) is 6.34. The van der Waals surface area contributed by atoms with Gasteiger partial charge in [0.15, 0.2) is 0 Å². The zero-order valence-electron chi connectivity index (χ0n) is 19.1. The Morgan fingerprint density at radius 3 is 2.37 bits per heavy atom. The minimum atomic E-state index is 0.816. The molecule has 0 saturated carbocycles. The summed E-state index contributed by atoms with van der Waals surface area (Å²) in [6, 6.07) is 6.11. The van der Waals surface area contributed by atoms with Crippen LogP contribution in [0.1, 0.15) is 82.9 Å². The Bertz CT molecular complexity index is 779. The standard InChI is InChI=1S/C26H40ClN3/c1-3-5-9-18-30(19-10-6-4-2)20-12-17-28-26-21-13-7-8-15-23(21)29-24-16-11-14-22(27)25(24)26/h11,14,16H,3-10,12-13,15,17-20H2,1-2H3,(H,28,29). The van der Waals surface area contributed by atoms with E-state index in [2.05, 4.69) is 30.1 Å². The van der Waals surface area contributed by atoms with Crippen LogP contribution < -0.4 is 5.32 Å². The first-order valence-corrected chi connectivity index (χ1v) is 12.7. The minimum absolute atomic E-state index is 0.816. The van der Waals surface area contributed by atoms with Crippen molar-refractivity contribution in [1.29, 1.82) is 0 Å². The third-order valence-electron chi connectivity index (χ3n) is 6.35. The number of anilines is 1. The molecule has 0 radical (unpaired) electrons. The topological polar surface area (TPSA) is 28.2 Å². The molecule has 0 unspecified atom stereocenters. The lowest BCUT2D eigenvalue weighted by atomic mass is 9.92. The number of nitrogens with zero attached hydrogens (tertiary/aromatic N) is 2. The summed E-state index contributed by atoms with van der Waals surface area (Å²) in [6.45, 7) is 9.24. The van der Waals surface area contributed by atoms with Crippen molar-refractivity contribution in [2.75, 3.05) is 31.5 Å². The average Bonchev–Trinajstić information content (AvgIpc) is 2.76. The van der Waals surface area contributed by atoms with E-state index in [4.69, 9.17) is 16.6 Å². The molecular formula is C26H40ClN3. The van der Waals surface area contributed by atoms with Crippen LogP contribution in [0.4, 0.5) is 5.69 Å². The molecule has 1 heterocycles. The SMILES string of the molecule is CCCCCN(CCCCC)CCCNc1c2c(nc3cccc(Cl)c13)CCCC2. The van der Waals surface area contributed by atoms with Crippen LogP contribution in [0, 0.1) is 0 Å². The Hall–Kier alpha value is -1.32. The monoisotopic (exact) mass is 429 g/mol. The van der Waals surface area contributed by atoms with Crippen LogP contribution >= 0.6 is 11.6 Å². The fraction of sp³-hybridized carbons (Fsp3) is 0.654. The summed E-state index contributed by atoms with van der Waals surface area (Å²) in [6.07, 6.45) is 13.8. The van der Waals surface area contributed by atoms with Gasteiger partial charge >= 0.3 is 0 Å². The normalized spacial score (nSPS) is 13.7. The number of benzene rings is 1. The van der Waals surface area contributed by atoms with Crippen molar-refractivity contribution >= 4 is 28.2 Å². The molecule has 2 aromatic rings. The van der Waals surface area contributed by atoms with E-state index in [1.807, 2.05) is 12.1 Å². The molecule has 1 aliphatic rings. The van der Waals surface area contributed by atoms with E-state index < -0.39 is 0 Å². The van der Waals surface area contributed by atoms with E-state index >= 15 is 0 Å². The number of rotatable bonds is 13. The average molecular weight is 430 g/mol. The smallest absolute Gasteiger partial charge is 0.0741 e. The van der Waals surface area contributed by atoms with E-state index in [9.17, 15) is 0 Å². The Balaban J connectivity index is 1.64. The fourth-order valence-electron chi connectivity index (χ4n) is 4.65. The largest absolute Gasteiger partial charge is 0.384 e. The molecular weight excluding hydrogens is 390 g/mol. The molecule has 1 N–H and O–H groups in total. The zero-order valence-corrected chi connectivity index (χ0v) is 19.9. The molecule has 0 atom stereocenters. The lowest BCUT2D eigenvalue weighted by Gasteiger charge is -2.24. The van der Waals surface area contributed by atoms with Crippen molar-refractivity contribution in [3.05, 3.63) is 34.5 Å². The predicted molar refractivity (Wildman–Crippen MR) is 132 cm³/mol. The van der Waals surface area contributed by atoms with E-state index in [1.54, 1.807) is 0 Å². The van der Waals surface area contributed by atoms with Gasteiger partial charge in [-0.25, -0.2) is 0 Å². The van der Waals surface area contributed by atoms with Gasteiger partial charge in [0, 0.05) is 17.6 Å². The third-order valence-corrected chi connectivity index (χ3v) is 6.66. The number of hydrogen-bond acceptors (Lipinski definition) is 3. The summed E-state index contributed by atoms with van der Waals surface area (Å²) < 4.78 is 0. The highest BCUT2D eigenvalue weighted by Crippen LogP contribution is 2.36. The Kier molecular flexibility index (Phi) is 9.74. The Morgan fingerprint density at radius 2 is 1.63 bits per heavy atom. The van der Waals surface area contributed by atoms with Crippen molar-refractivity contribution in [2.45, 2.75) is 84.5 Å². The lowest BCUT2D eigenvalue weighted by Crippen LogP contribution is -2.28. The maximum atomic E-state index is 6.62. The summed E-state index contributed by atoms with van der Waals surface area (Å²) in [5, 5.41) is 5.73. The van der Waals surface area contributed by atoms with E-state index in [1.165, 1.54) is 94.4 Å². The van der Waals surface area contributed by atoms with Gasteiger partial charge < -0.3 is 10.2 Å².